The summed E-state index contributed by atoms with van der Waals surface area (Å²) in [5, 5.41) is 22.1. The van der Waals surface area contributed by atoms with Gasteiger partial charge in [-0.05, 0) is 43.3 Å². The van der Waals surface area contributed by atoms with Gasteiger partial charge in [-0.3, -0.25) is 4.79 Å². The summed E-state index contributed by atoms with van der Waals surface area (Å²) in [6.45, 7) is 0.343. The van der Waals surface area contributed by atoms with E-state index in [1.165, 1.54) is 39.5 Å². The number of nitriles is 1. The first-order valence-corrected chi connectivity index (χ1v) is 11.9. The fourth-order valence-electron chi connectivity index (χ4n) is 4.04. The third-order valence-corrected chi connectivity index (χ3v) is 6.00. The average Bonchev–Trinajstić information content (AvgIpc) is 2.93. The van der Waals surface area contributed by atoms with Crippen molar-refractivity contribution in [2.45, 2.75) is 31.5 Å². The van der Waals surface area contributed by atoms with Gasteiger partial charge in [0.05, 0.1) is 32.0 Å². The lowest BCUT2D eigenvalue weighted by Gasteiger charge is -2.38. The van der Waals surface area contributed by atoms with Crippen molar-refractivity contribution in [3.05, 3.63) is 48.2 Å². The number of piperidine rings is 1. The van der Waals surface area contributed by atoms with Crippen LogP contribution in [0.4, 0.5) is 20.5 Å². The van der Waals surface area contributed by atoms with E-state index in [0.717, 1.165) is 4.90 Å². The van der Waals surface area contributed by atoms with E-state index in [1.807, 2.05) is 6.07 Å². The highest BCUT2D eigenvalue weighted by Gasteiger charge is 2.48. The van der Waals surface area contributed by atoms with Crippen LogP contribution < -0.4 is 19.5 Å². The molecule has 1 unspecified atom stereocenters. The molecule has 3 aromatic rings. The number of ether oxygens (including phenoxy) is 3. The number of pyridine rings is 1. The van der Waals surface area contributed by atoms with Gasteiger partial charge in [-0.25, -0.2) is 18.7 Å². The molecule has 1 aliphatic heterocycles. The van der Waals surface area contributed by atoms with Crippen molar-refractivity contribution in [2.75, 3.05) is 32.6 Å². The molecular formula is C26H26F2N6O5. The molecule has 39 heavy (non-hydrogen) atoms. The Morgan fingerprint density at radius 3 is 2.64 bits per heavy atom. The van der Waals surface area contributed by atoms with Crippen molar-refractivity contribution >= 4 is 17.7 Å². The highest BCUT2D eigenvalue weighted by atomic mass is 19.3. The monoisotopic (exact) mass is 540 g/mol. The van der Waals surface area contributed by atoms with Gasteiger partial charge in [0.2, 0.25) is 5.95 Å². The first-order chi connectivity index (χ1) is 18.6. The van der Waals surface area contributed by atoms with E-state index in [4.69, 9.17) is 14.2 Å². The second kappa shape index (κ2) is 11.4. The number of benzene rings is 1. The number of carbonyl (C=O) groups excluding carboxylic acids is 1. The molecule has 2 N–H and O–H groups in total. The Morgan fingerprint density at radius 1 is 1.21 bits per heavy atom. The highest BCUT2D eigenvalue weighted by molar-refractivity contribution is 5.80. The molecule has 1 fully saturated rings. The SMILES string of the molecule is COc1ccc(Nc2nccc(-c3ccc(OC4CCN(C(=O)[C@H](C)O)CC4(F)F)c(C#N)c3)n2)nc1OC. The molecule has 1 saturated heterocycles. The molecule has 0 radical (unpaired) electrons. The summed E-state index contributed by atoms with van der Waals surface area (Å²) in [5.41, 5.74) is 1.04. The standard InChI is InChI=1S/C26H26F2N6O5/c1-15(35)24(36)34-11-9-21(26(27,28)14-34)39-19-5-4-16(12-17(19)13-29)18-8-10-30-25(31-18)33-22-7-6-20(37-2)23(32-22)38-3/h4-8,10,12,15,21,35H,9,11,14H2,1-3H3,(H,30,31,32,33)/t15-,21?/m0/s1. The van der Waals surface area contributed by atoms with Crippen molar-refractivity contribution in [3.8, 4) is 34.7 Å². The van der Waals surface area contributed by atoms with Gasteiger partial charge in [0.25, 0.3) is 11.8 Å². The Labute approximate surface area is 223 Å². The zero-order chi connectivity index (χ0) is 28.2. The molecule has 13 heteroatoms. The normalized spacial score (nSPS) is 17.1. The first-order valence-electron chi connectivity index (χ1n) is 11.9. The van der Waals surface area contributed by atoms with Gasteiger partial charge in [0, 0.05) is 24.7 Å². The molecule has 0 bridgehead atoms. The number of nitrogens with zero attached hydrogens (tertiary/aromatic N) is 5. The van der Waals surface area contributed by atoms with Crippen LogP contribution in [0.25, 0.3) is 11.3 Å². The van der Waals surface area contributed by atoms with Crippen LogP contribution in [0.5, 0.6) is 17.4 Å². The summed E-state index contributed by atoms with van der Waals surface area (Å²) in [6, 6.07) is 11.5. The van der Waals surface area contributed by atoms with Crippen LogP contribution in [0.3, 0.4) is 0 Å². The summed E-state index contributed by atoms with van der Waals surface area (Å²) < 4.78 is 45.5. The second-order valence-electron chi connectivity index (χ2n) is 8.71. The molecule has 1 aliphatic rings. The zero-order valence-electron chi connectivity index (χ0n) is 21.4. The number of halogens is 2. The predicted molar refractivity (Wildman–Crippen MR) is 135 cm³/mol. The molecule has 204 valence electrons. The topological polar surface area (TPSA) is 143 Å². The number of aliphatic hydroxyl groups excluding tert-OH is 1. The van der Waals surface area contributed by atoms with E-state index < -0.39 is 30.6 Å². The Kier molecular flexibility index (Phi) is 8.06. The third kappa shape index (κ3) is 6.12. The van der Waals surface area contributed by atoms with Crippen molar-refractivity contribution in [1.29, 1.82) is 5.26 Å². The Balaban J connectivity index is 1.51. The van der Waals surface area contributed by atoms with Crippen LogP contribution in [0.1, 0.15) is 18.9 Å². The Bertz CT molecular complexity index is 1400. The number of aromatic nitrogens is 3. The van der Waals surface area contributed by atoms with Crippen LogP contribution >= 0.6 is 0 Å². The summed E-state index contributed by atoms with van der Waals surface area (Å²) in [7, 11) is 2.97. The number of anilines is 2. The fourth-order valence-corrected chi connectivity index (χ4v) is 4.04. The number of nitrogens with one attached hydrogen (secondary N) is 1. The maximum atomic E-state index is 14.8. The predicted octanol–water partition coefficient (Wildman–Crippen LogP) is 3.17. The minimum absolute atomic E-state index is 0.00437. The molecule has 0 aliphatic carbocycles. The van der Waals surface area contributed by atoms with Crippen molar-refractivity contribution in [3.63, 3.8) is 0 Å². The molecule has 2 atom stereocenters. The van der Waals surface area contributed by atoms with Gasteiger partial charge < -0.3 is 29.5 Å². The number of methoxy groups -OCH3 is 2. The molecule has 1 amide bonds. The van der Waals surface area contributed by atoms with Crippen molar-refractivity contribution < 1.29 is 32.9 Å². The molecule has 2 aromatic heterocycles. The van der Waals surface area contributed by atoms with Gasteiger partial charge in [-0.1, -0.05) is 0 Å². The van der Waals surface area contributed by atoms with E-state index >= 15 is 0 Å². The molecule has 4 rings (SSSR count). The van der Waals surface area contributed by atoms with Crippen LogP contribution in [0.15, 0.2) is 42.6 Å². The van der Waals surface area contributed by atoms with Gasteiger partial charge in [-0.15, -0.1) is 0 Å². The van der Waals surface area contributed by atoms with E-state index in [2.05, 4.69) is 20.3 Å². The number of hydrogen-bond donors (Lipinski definition) is 2. The van der Waals surface area contributed by atoms with E-state index in [-0.39, 0.29) is 36.1 Å². The lowest BCUT2D eigenvalue weighted by atomic mass is 10.0. The molecule has 0 spiro atoms. The van der Waals surface area contributed by atoms with E-state index in [9.17, 15) is 23.9 Å². The fraction of sp³-hybridized carbons (Fsp3) is 0.346. The largest absolute Gasteiger partial charge is 0.491 e. The van der Waals surface area contributed by atoms with Gasteiger partial charge in [0.15, 0.2) is 11.9 Å². The van der Waals surface area contributed by atoms with Gasteiger partial charge >= 0.3 is 5.92 Å². The van der Waals surface area contributed by atoms with Crippen LogP contribution in [0.2, 0.25) is 0 Å². The lowest BCUT2D eigenvalue weighted by Crippen LogP contribution is -2.56. The average molecular weight is 541 g/mol. The summed E-state index contributed by atoms with van der Waals surface area (Å²) in [5.74, 6) is -2.78. The summed E-state index contributed by atoms with van der Waals surface area (Å²) >= 11 is 0. The second-order valence-corrected chi connectivity index (χ2v) is 8.71. The number of hydrogen-bond acceptors (Lipinski definition) is 10. The maximum absolute atomic E-state index is 14.8. The van der Waals surface area contributed by atoms with Gasteiger partial charge in [-0.2, -0.15) is 10.2 Å². The summed E-state index contributed by atoms with van der Waals surface area (Å²) in [6.07, 6.45) is -1.56. The molecule has 11 nitrogen and oxygen atoms in total. The quantitative estimate of drug-likeness (QED) is 0.437. The highest BCUT2D eigenvalue weighted by Crippen LogP contribution is 2.34. The summed E-state index contributed by atoms with van der Waals surface area (Å²) in [4.78, 5) is 25.8. The Hall–Kier alpha value is -4.57. The van der Waals surface area contributed by atoms with Crippen LogP contribution in [-0.4, -0.2) is 76.3 Å². The first kappa shape index (κ1) is 27.5. The van der Waals surface area contributed by atoms with Crippen molar-refractivity contribution in [1.82, 2.24) is 19.9 Å². The number of likely N-dealkylation sites (tertiary alicyclic amines) is 1. The molecule has 1 aromatic carbocycles. The van der Waals surface area contributed by atoms with E-state index in [0.29, 0.717) is 22.8 Å². The number of aliphatic hydroxyl groups is 1. The van der Waals surface area contributed by atoms with Crippen LogP contribution in [-0.2, 0) is 4.79 Å². The van der Waals surface area contributed by atoms with Gasteiger partial charge in [0.1, 0.15) is 23.7 Å². The zero-order valence-corrected chi connectivity index (χ0v) is 21.4. The third-order valence-electron chi connectivity index (χ3n) is 6.00. The molecule has 3 heterocycles. The maximum Gasteiger partial charge on any atom is 0.301 e. The molecule has 0 saturated carbocycles. The molecular weight excluding hydrogens is 514 g/mol. The minimum atomic E-state index is -3.38. The minimum Gasteiger partial charge on any atom is -0.491 e. The number of carbonyl (C=O) groups is 1. The smallest absolute Gasteiger partial charge is 0.301 e. The van der Waals surface area contributed by atoms with E-state index in [1.54, 1.807) is 24.3 Å². The number of alkyl halides is 2. The van der Waals surface area contributed by atoms with Crippen LogP contribution in [0, 0.1) is 11.3 Å². The van der Waals surface area contributed by atoms with Crippen molar-refractivity contribution in [2.24, 2.45) is 0 Å². The number of rotatable bonds is 8. The number of amides is 1. The lowest BCUT2D eigenvalue weighted by molar-refractivity contribution is -0.165. The Morgan fingerprint density at radius 2 is 1.97 bits per heavy atom.